The number of aromatic nitrogens is 2. The van der Waals surface area contributed by atoms with E-state index in [1.165, 1.54) is 18.9 Å². The Hall–Kier alpha value is -3.00. The zero-order valence-corrected chi connectivity index (χ0v) is 17.6. The first-order valence-electron chi connectivity index (χ1n) is 10.2. The van der Waals surface area contributed by atoms with Crippen LogP contribution in [-0.2, 0) is 10.3 Å². The lowest BCUT2D eigenvalue weighted by Crippen LogP contribution is -2.54. The van der Waals surface area contributed by atoms with Crippen molar-refractivity contribution in [1.29, 1.82) is 0 Å². The molecule has 1 saturated heterocycles. The summed E-state index contributed by atoms with van der Waals surface area (Å²) in [5, 5.41) is 3.23. The Balaban J connectivity index is 1.51. The molecule has 4 rings (SSSR count). The molecule has 8 heteroatoms. The van der Waals surface area contributed by atoms with Gasteiger partial charge in [0.2, 0.25) is 0 Å². The van der Waals surface area contributed by atoms with Crippen LogP contribution < -0.4 is 15.2 Å². The lowest BCUT2D eigenvalue weighted by molar-refractivity contribution is -0.387. The van der Waals surface area contributed by atoms with Gasteiger partial charge in [0.05, 0.1) is 19.2 Å². The number of nitrogens with zero attached hydrogens (tertiary/aromatic N) is 3. The van der Waals surface area contributed by atoms with E-state index in [1.54, 1.807) is 11.1 Å². The number of nitrogens with one attached hydrogen (secondary N) is 2. The summed E-state index contributed by atoms with van der Waals surface area (Å²) < 4.78 is 4.66. The molecule has 2 N–H and O–H groups in total. The van der Waals surface area contributed by atoms with Gasteiger partial charge in [-0.25, -0.2) is 14.6 Å². The van der Waals surface area contributed by atoms with E-state index in [1.807, 2.05) is 6.07 Å². The lowest BCUT2D eigenvalue weighted by atomic mass is 9.69. The van der Waals surface area contributed by atoms with Crippen LogP contribution >= 0.6 is 0 Å². The van der Waals surface area contributed by atoms with Crippen molar-refractivity contribution in [3.63, 3.8) is 0 Å². The van der Waals surface area contributed by atoms with Crippen LogP contribution in [0, 0.1) is 0 Å². The molecule has 1 saturated carbocycles. The minimum atomic E-state index is -0.544. The van der Waals surface area contributed by atoms with Crippen LogP contribution in [0.5, 0.6) is 0 Å². The number of urea groups is 1. The SMILES string of the molecule is COC(=O)c1ncc(N2CC3(CCC(c4ccccc4)(N(C)C)CC3)NC2=O)c[nH+]1. The van der Waals surface area contributed by atoms with Gasteiger partial charge in [-0.1, -0.05) is 30.3 Å². The molecule has 2 aromatic rings. The first kappa shape index (κ1) is 20.3. The van der Waals surface area contributed by atoms with Gasteiger partial charge in [-0.2, -0.15) is 0 Å². The van der Waals surface area contributed by atoms with E-state index in [-0.39, 0.29) is 22.9 Å². The first-order valence-corrected chi connectivity index (χ1v) is 10.2. The molecule has 0 bridgehead atoms. The Morgan fingerprint density at radius 1 is 1.20 bits per heavy atom. The number of hydrogen-bond donors (Lipinski definition) is 1. The van der Waals surface area contributed by atoms with E-state index in [2.05, 4.69) is 63.3 Å². The van der Waals surface area contributed by atoms with Crippen LogP contribution in [0.15, 0.2) is 42.7 Å². The average Bonchev–Trinajstić information content (AvgIpc) is 3.10. The van der Waals surface area contributed by atoms with Crippen LogP contribution in [0.2, 0.25) is 0 Å². The number of amides is 2. The molecule has 1 aliphatic heterocycles. The highest BCUT2D eigenvalue weighted by molar-refractivity contribution is 5.95. The minimum Gasteiger partial charge on any atom is -0.460 e. The van der Waals surface area contributed by atoms with Crippen LogP contribution in [0.3, 0.4) is 0 Å². The summed E-state index contributed by atoms with van der Waals surface area (Å²) in [6.07, 6.45) is 6.85. The highest BCUT2D eigenvalue weighted by Gasteiger charge is 2.50. The van der Waals surface area contributed by atoms with Gasteiger partial charge in [0.25, 0.3) is 0 Å². The maximum atomic E-state index is 12.8. The molecule has 1 aromatic carbocycles. The zero-order valence-electron chi connectivity index (χ0n) is 17.6. The Bertz CT molecular complexity index is 922. The summed E-state index contributed by atoms with van der Waals surface area (Å²) in [5.41, 5.74) is 1.67. The number of H-pyrrole nitrogens is 1. The van der Waals surface area contributed by atoms with Crippen molar-refractivity contribution in [2.45, 2.75) is 36.8 Å². The second-order valence-electron chi connectivity index (χ2n) is 8.40. The van der Waals surface area contributed by atoms with Crippen molar-refractivity contribution >= 4 is 17.7 Å². The fraction of sp³-hybridized carbons (Fsp3) is 0.455. The van der Waals surface area contributed by atoms with Crippen molar-refractivity contribution in [1.82, 2.24) is 15.2 Å². The van der Waals surface area contributed by atoms with Gasteiger partial charge in [-0.15, -0.1) is 0 Å². The van der Waals surface area contributed by atoms with Crippen LogP contribution in [0.4, 0.5) is 10.5 Å². The molecular weight excluding hydrogens is 382 g/mol. The van der Waals surface area contributed by atoms with Gasteiger partial charge in [0.1, 0.15) is 11.9 Å². The summed E-state index contributed by atoms with van der Waals surface area (Å²) in [6, 6.07) is 10.5. The Kier molecular flexibility index (Phi) is 5.19. The fourth-order valence-electron chi connectivity index (χ4n) is 4.79. The number of aromatic amines is 1. The van der Waals surface area contributed by atoms with Gasteiger partial charge in [0.15, 0.2) is 6.20 Å². The molecule has 1 spiro atoms. The number of methoxy groups -OCH3 is 1. The van der Waals surface area contributed by atoms with Crippen molar-refractivity contribution < 1.29 is 19.3 Å². The number of esters is 1. The third-order valence-electron chi connectivity index (χ3n) is 6.65. The first-order chi connectivity index (χ1) is 14.4. The number of anilines is 1. The van der Waals surface area contributed by atoms with Gasteiger partial charge in [0, 0.05) is 5.54 Å². The number of carbonyl (C=O) groups excluding carboxylic acids is 2. The van der Waals surface area contributed by atoms with Gasteiger partial charge < -0.3 is 10.1 Å². The molecule has 158 valence electrons. The maximum absolute atomic E-state index is 12.8. The molecule has 2 aliphatic rings. The molecule has 0 radical (unpaired) electrons. The van der Waals surface area contributed by atoms with Crippen LogP contribution in [0.1, 0.15) is 41.9 Å². The lowest BCUT2D eigenvalue weighted by Gasteiger charge is -2.48. The molecule has 2 heterocycles. The summed E-state index contributed by atoms with van der Waals surface area (Å²) >= 11 is 0. The van der Waals surface area contributed by atoms with Gasteiger partial charge >= 0.3 is 17.8 Å². The molecule has 8 nitrogen and oxygen atoms in total. The minimum absolute atomic E-state index is 0.0256. The Morgan fingerprint density at radius 2 is 1.90 bits per heavy atom. The summed E-state index contributed by atoms with van der Waals surface area (Å²) in [4.78, 5) is 35.2. The maximum Gasteiger partial charge on any atom is 0.425 e. The quantitative estimate of drug-likeness (QED) is 0.779. The van der Waals surface area contributed by atoms with Gasteiger partial charge in [-0.05, 0) is 50.3 Å². The number of benzene rings is 1. The average molecular weight is 410 g/mol. The third-order valence-corrected chi connectivity index (χ3v) is 6.65. The monoisotopic (exact) mass is 410 g/mol. The second-order valence-corrected chi connectivity index (χ2v) is 8.40. The van der Waals surface area contributed by atoms with E-state index in [4.69, 9.17) is 0 Å². The second kappa shape index (κ2) is 7.68. The van der Waals surface area contributed by atoms with Gasteiger partial charge in [-0.3, -0.25) is 9.80 Å². The van der Waals surface area contributed by atoms with Crippen molar-refractivity contribution in [3.05, 3.63) is 54.1 Å². The van der Waals surface area contributed by atoms with Crippen molar-refractivity contribution in [2.24, 2.45) is 0 Å². The van der Waals surface area contributed by atoms with Crippen molar-refractivity contribution in [3.8, 4) is 0 Å². The Labute approximate surface area is 176 Å². The molecule has 1 aliphatic carbocycles. The molecule has 30 heavy (non-hydrogen) atoms. The highest BCUT2D eigenvalue weighted by atomic mass is 16.5. The predicted octanol–water partition coefficient (Wildman–Crippen LogP) is 1.98. The van der Waals surface area contributed by atoms with E-state index < -0.39 is 5.97 Å². The zero-order chi connectivity index (χ0) is 21.4. The third kappa shape index (κ3) is 3.41. The smallest absolute Gasteiger partial charge is 0.425 e. The predicted molar refractivity (Wildman–Crippen MR) is 111 cm³/mol. The molecule has 0 unspecified atom stereocenters. The molecular formula is C22H28N5O3+. The fourth-order valence-corrected chi connectivity index (χ4v) is 4.79. The largest absolute Gasteiger partial charge is 0.460 e. The molecule has 2 fully saturated rings. The van der Waals surface area contributed by atoms with Crippen LogP contribution in [0.25, 0.3) is 0 Å². The number of hydrogen-bond acceptors (Lipinski definition) is 5. The molecule has 1 aromatic heterocycles. The van der Waals surface area contributed by atoms with Crippen molar-refractivity contribution in [2.75, 3.05) is 32.6 Å². The van der Waals surface area contributed by atoms with E-state index >= 15 is 0 Å². The van der Waals surface area contributed by atoms with E-state index in [0.29, 0.717) is 12.2 Å². The molecule has 0 atom stereocenters. The molecule has 2 amide bonds. The number of carbonyl (C=O) groups is 2. The normalized spacial score (nSPS) is 26.1. The number of ether oxygens (including phenoxy) is 1. The summed E-state index contributed by atoms with van der Waals surface area (Å²) in [7, 11) is 5.57. The van der Waals surface area contributed by atoms with Crippen LogP contribution in [-0.4, -0.2) is 55.2 Å². The highest BCUT2D eigenvalue weighted by Crippen LogP contribution is 2.46. The Morgan fingerprint density at radius 3 is 2.47 bits per heavy atom. The summed E-state index contributed by atoms with van der Waals surface area (Å²) in [5.74, 6) is -0.441. The number of rotatable bonds is 4. The summed E-state index contributed by atoms with van der Waals surface area (Å²) in [6.45, 7) is 0.581. The van der Waals surface area contributed by atoms with E-state index in [9.17, 15) is 9.59 Å². The topological polar surface area (TPSA) is 88.9 Å². The van der Waals surface area contributed by atoms with E-state index in [0.717, 1.165) is 25.7 Å². The standard InChI is InChI=1S/C22H27N5O3/c1-26(2)22(16-7-5-4-6-8-16)11-9-21(10-12-22)15-27(20(29)25-21)17-13-23-18(24-14-17)19(28)30-3/h4-8,13-14H,9-12,15H2,1-3H3,(H,25,29)/p+1.